The van der Waals surface area contributed by atoms with E-state index >= 15 is 0 Å². The van der Waals surface area contributed by atoms with Crippen molar-refractivity contribution in [2.75, 3.05) is 18.5 Å². The van der Waals surface area contributed by atoms with Crippen molar-refractivity contribution in [3.8, 4) is 11.5 Å². The third-order valence-corrected chi connectivity index (χ3v) is 4.14. The van der Waals surface area contributed by atoms with Crippen molar-refractivity contribution < 1.29 is 19.4 Å². The molecule has 0 fully saturated rings. The van der Waals surface area contributed by atoms with Gasteiger partial charge in [0.2, 0.25) is 0 Å². The third kappa shape index (κ3) is 4.49. The molecule has 0 atom stereocenters. The van der Waals surface area contributed by atoms with Gasteiger partial charge in [-0.1, -0.05) is 26.0 Å². The van der Waals surface area contributed by atoms with Crippen LogP contribution in [-0.2, 0) is 11.2 Å². The Morgan fingerprint density at radius 2 is 1.75 bits per heavy atom. The second-order valence-corrected chi connectivity index (χ2v) is 5.95. The first-order valence-corrected chi connectivity index (χ1v) is 9.31. The van der Waals surface area contributed by atoms with Crippen molar-refractivity contribution in [3.05, 3.63) is 48.3 Å². The minimum absolute atomic E-state index is 0.122. The van der Waals surface area contributed by atoms with Gasteiger partial charge in [-0.3, -0.25) is 4.79 Å². The fourth-order valence-electron chi connectivity index (χ4n) is 2.84. The number of rotatable bonds is 5. The number of hydrogen-bond acceptors (Lipinski definition) is 6. The molecular weight excluding hydrogens is 358 g/mol. The Hall–Kier alpha value is -3.35. The molecule has 1 aliphatic rings. The van der Waals surface area contributed by atoms with Crippen molar-refractivity contribution in [3.63, 3.8) is 0 Å². The summed E-state index contributed by atoms with van der Waals surface area (Å²) in [4.78, 5) is 19.3. The van der Waals surface area contributed by atoms with Crippen LogP contribution in [0.2, 0.25) is 0 Å². The van der Waals surface area contributed by atoms with Crippen molar-refractivity contribution >= 4 is 28.4 Å². The van der Waals surface area contributed by atoms with Gasteiger partial charge in [0.25, 0.3) is 0 Å². The van der Waals surface area contributed by atoms with Crippen LogP contribution in [0, 0.1) is 0 Å². The van der Waals surface area contributed by atoms with Crippen LogP contribution in [0.1, 0.15) is 25.8 Å². The smallest absolute Gasteiger partial charge is 0.303 e. The van der Waals surface area contributed by atoms with Crippen LogP contribution >= 0.6 is 0 Å². The molecule has 0 spiro atoms. The predicted octanol–water partition coefficient (Wildman–Crippen LogP) is 4.19. The van der Waals surface area contributed by atoms with Gasteiger partial charge in [0.05, 0.1) is 5.52 Å². The van der Waals surface area contributed by atoms with Gasteiger partial charge in [-0.2, -0.15) is 0 Å². The maximum absolute atomic E-state index is 10.7. The summed E-state index contributed by atoms with van der Waals surface area (Å²) in [6.07, 6.45) is 2.13. The molecule has 4 rings (SSSR count). The lowest BCUT2D eigenvalue weighted by Gasteiger charge is -2.19. The van der Waals surface area contributed by atoms with E-state index in [9.17, 15) is 4.79 Å². The number of carboxylic acids is 1. The van der Waals surface area contributed by atoms with Crippen LogP contribution < -0.4 is 14.8 Å². The number of aromatic nitrogens is 2. The number of hydrogen-bond donors (Lipinski definition) is 2. The number of aryl methyl sites for hydroxylation is 1. The van der Waals surface area contributed by atoms with Crippen LogP contribution in [0.15, 0.2) is 42.7 Å². The molecule has 3 aromatic rings. The number of ether oxygens (including phenoxy) is 2. The quantitative estimate of drug-likeness (QED) is 0.684. The molecule has 28 heavy (non-hydrogen) atoms. The Bertz CT molecular complexity index is 958. The highest BCUT2D eigenvalue weighted by atomic mass is 16.6. The molecule has 0 saturated heterocycles. The number of benzene rings is 2. The van der Waals surface area contributed by atoms with Gasteiger partial charge in [0, 0.05) is 23.6 Å². The van der Waals surface area contributed by atoms with Gasteiger partial charge in [-0.05, 0) is 30.2 Å². The largest absolute Gasteiger partial charge is 0.486 e. The average Bonchev–Trinajstić information content (AvgIpc) is 2.73. The molecule has 0 bridgehead atoms. The Morgan fingerprint density at radius 1 is 1.07 bits per heavy atom. The standard InChI is InChI=1S/C19H17N3O4.C2H6/c23-18(24)6-3-12-1-4-13(5-2-12)22-19-14-9-16-17(26-8-7-25-16)10-15(14)20-11-21-19;1-2/h1-2,4-5,9-11H,3,6-8H2,(H,23,24)(H,20,21,22);1-2H3. The van der Waals surface area contributed by atoms with Gasteiger partial charge >= 0.3 is 5.97 Å². The van der Waals surface area contributed by atoms with Crippen LogP contribution in [0.3, 0.4) is 0 Å². The predicted molar refractivity (Wildman–Crippen MR) is 108 cm³/mol. The van der Waals surface area contributed by atoms with E-state index in [0.717, 1.165) is 22.2 Å². The summed E-state index contributed by atoms with van der Waals surface area (Å²) in [6.45, 7) is 5.05. The first kappa shape index (κ1) is 19.4. The lowest BCUT2D eigenvalue weighted by Crippen LogP contribution is -2.15. The van der Waals surface area contributed by atoms with Gasteiger partial charge in [0.15, 0.2) is 11.5 Å². The molecule has 0 radical (unpaired) electrons. The average molecular weight is 381 g/mol. The molecule has 7 heteroatoms. The molecule has 1 aromatic heterocycles. The zero-order chi connectivity index (χ0) is 19.9. The minimum Gasteiger partial charge on any atom is -0.486 e. The SMILES string of the molecule is CC.O=C(O)CCc1ccc(Nc2ncnc3cc4c(cc23)OCCO4)cc1. The molecule has 0 aliphatic carbocycles. The molecule has 0 saturated carbocycles. The summed E-state index contributed by atoms with van der Waals surface area (Å²) in [6, 6.07) is 11.4. The Labute approximate surface area is 163 Å². The number of aliphatic carboxylic acids is 1. The Morgan fingerprint density at radius 3 is 2.43 bits per heavy atom. The van der Waals surface area contributed by atoms with E-state index in [1.165, 1.54) is 6.33 Å². The van der Waals surface area contributed by atoms with Crippen molar-refractivity contribution in [1.29, 1.82) is 0 Å². The lowest BCUT2D eigenvalue weighted by atomic mass is 10.1. The summed E-state index contributed by atoms with van der Waals surface area (Å²) in [5, 5.41) is 12.9. The zero-order valence-electron chi connectivity index (χ0n) is 15.9. The zero-order valence-corrected chi connectivity index (χ0v) is 15.9. The maximum atomic E-state index is 10.7. The van der Waals surface area contributed by atoms with Gasteiger partial charge in [-0.25, -0.2) is 9.97 Å². The van der Waals surface area contributed by atoms with Crippen molar-refractivity contribution in [2.24, 2.45) is 0 Å². The summed E-state index contributed by atoms with van der Waals surface area (Å²) in [7, 11) is 0. The number of carbonyl (C=O) groups is 1. The number of nitrogens with one attached hydrogen (secondary N) is 1. The second-order valence-electron chi connectivity index (χ2n) is 5.95. The highest BCUT2D eigenvalue weighted by Crippen LogP contribution is 2.36. The first-order chi connectivity index (χ1) is 13.7. The fourth-order valence-corrected chi connectivity index (χ4v) is 2.84. The minimum atomic E-state index is -0.797. The number of fused-ring (bicyclic) bond motifs is 2. The van der Waals surface area contributed by atoms with E-state index in [1.54, 1.807) is 0 Å². The van der Waals surface area contributed by atoms with Crippen molar-refractivity contribution in [2.45, 2.75) is 26.7 Å². The van der Waals surface area contributed by atoms with E-state index in [0.29, 0.717) is 37.0 Å². The van der Waals surface area contributed by atoms with Crippen molar-refractivity contribution in [1.82, 2.24) is 9.97 Å². The normalized spacial score (nSPS) is 12.1. The van der Waals surface area contributed by atoms with Crippen LogP contribution in [0.4, 0.5) is 11.5 Å². The van der Waals surface area contributed by atoms with Gasteiger partial charge < -0.3 is 19.9 Å². The monoisotopic (exact) mass is 381 g/mol. The summed E-state index contributed by atoms with van der Waals surface area (Å²) in [5.74, 6) is 1.25. The van der Waals surface area contributed by atoms with Gasteiger partial charge in [-0.15, -0.1) is 0 Å². The van der Waals surface area contributed by atoms with E-state index in [-0.39, 0.29) is 6.42 Å². The number of nitrogens with zero attached hydrogens (tertiary/aromatic N) is 2. The number of anilines is 2. The second kappa shape index (κ2) is 9.03. The highest BCUT2D eigenvalue weighted by molar-refractivity contribution is 5.93. The number of carboxylic acid groups (broad SMARTS) is 1. The van der Waals surface area contributed by atoms with Crippen LogP contribution in [-0.4, -0.2) is 34.3 Å². The topological polar surface area (TPSA) is 93.6 Å². The highest BCUT2D eigenvalue weighted by Gasteiger charge is 2.15. The van der Waals surface area contributed by atoms with Gasteiger partial charge in [0.1, 0.15) is 25.4 Å². The third-order valence-electron chi connectivity index (χ3n) is 4.14. The molecular formula is C21H23N3O4. The molecule has 1 aliphatic heterocycles. The van der Waals surface area contributed by atoms with E-state index in [1.807, 2.05) is 50.2 Å². The Balaban J connectivity index is 0.00000109. The summed E-state index contributed by atoms with van der Waals surface area (Å²) >= 11 is 0. The molecule has 2 heterocycles. The summed E-state index contributed by atoms with van der Waals surface area (Å²) < 4.78 is 11.2. The van der Waals surface area contributed by atoms with E-state index in [2.05, 4.69) is 15.3 Å². The molecule has 146 valence electrons. The van der Waals surface area contributed by atoms with E-state index in [4.69, 9.17) is 14.6 Å². The lowest BCUT2D eigenvalue weighted by molar-refractivity contribution is -0.136. The first-order valence-electron chi connectivity index (χ1n) is 9.31. The molecule has 2 aromatic carbocycles. The molecule has 0 unspecified atom stereocenters. The molecule has 2 N–H and O–H groups in total. The maximum Gasteiger partial charge on any atom is 0.303 e. The summed E-state index contributed by atoms with van der Waals surface area (Å²) in [5.41, 5.74) is 2.61. The molecule has 0 amide bonds. The molecule has 7 nitrogen and oxygen atoms in total. The Kier molecular flexibility index (Phi) is 6.26. The fraction of sp³-hybridized carbons (Fsp3) is 0.286. The van der Waals surface area contributed by atoms with Crippen LogP contribution in [0.5, 0.6) is 11.5 Å². The van der Waals surface area contributed by atoms with Crippen LogP contribution in [0.25, 0.3) is 10.9 Å². The van der Waals surface area contributed by atoms with E-state index < -0.39 is 5.97 Å².